The van der Waals surface area contributed by atoms with E-state index in [0.29, 0.717) is 15.8 Å². The third kappa shape index (κ3) is 13.2. The van der Waals surface area contributed by atoms with Crippen molar-refractivity contribution in [2.75, 3.05) is 5.32 Å². The van der Waals surface area contributed by atoms with Crippen LogP contribution in [0.1, 0.15) is 50.1 Å². The topological polar surface area (TPSA) is 303 Å². The lowest BCUT2D eigenvalue weighted by Crippen LogP contribution is -2.59. The SMILES string of the molecule is CC(C)C(NC(=O)C(CCC(=O)O)NC(=O)C(CC(=O)O)NC(=O)OCc1ccccc1)C(=O)NC(CC(=O)O)C(=O)Nc1ccc2nc(C#N)sc2c1. The van der Waals surface area contributed by atoms with Crippen molar-refractivity contribution in [1.29, 1.82) is 5.26 Å². The highest BCUT2D eigenvalue weighted by atomic mass is 32.1. The van der Waals surface area contributed by atoms with Gasteiger partial charge in [-0.15, -0.1) is 11.3 Å². The molecule has 0 bridgehead atoms. The van der Waals surface area contributed by atoms with Gasteiger partial charge in [-0.2, -0.15) is 5.26 Å². The highest BCUT2D eigenvalue weighted by molar-refractivity contribution is 7.19. The number of hydrogen-bond donors (Lipinski definition) is 8. The summed E-state index contributed by atoms with van der Waals surface area (Å²) in [6.45, 7) is 2.81. The number of carboxylic acids is 3. The average Bonchev–Trinajstić information content (AvgIpc) is 3.53. The first kappa shape index (κ1) is 41.8. The van der Waals surface area contributed by atoms with Crippen molar-refractivity contribution in [3.05, 3.63) is 59.1 Å². The monoisotopic (exact) mass is 767 g/mol. The van der Waals surface area contributed by atoms with Gasteiger partial charge in [0, 0.05) is 12.1 Å². The van der Waals surface area contributed by atoms with E-state index in [1.807, 2.05) is 6.07 Å². The van der Waals surface area contributed by atoms with Gasteiger partial charge in [-0.25, -0.2) is 9.78 Å². The number of aliphatic carboxylic acids is 3. The summed E-state index contributed by atoms with van der Waals surface area (Å²) in [5.74, 6) is -9.17. The first-order chi connectivity index (χ1) is 25.6. The van der Waals surface area contributed by atoms with Crippen molar-refractivity contribution in [3.63, 3.8) is 0 Å². The molecule has 0 spiro atoms. The Morgan fingerprint density at radius 2 is 1.39 bits per heavy atom. The molecule has 286 valence electrons. The van der Waals surface area contributed by atoms with Crippen LogP contribution in [0.15, 0.2) is 48.5 Å². The molecule has 0 aliphatic carbocycles. The Hall–Kier alpha value is -6.62. The zero-order valence-corrected chi connectivity index (χ0v) is 29.7. The molecule has 1 aromatic heterocycles. The van der Waals surface area contributed by atoms with Crippen molar-refractivity contribution < 1.29 is 58.4 Å². The van der Waals surface area contributed by atoms with E-state index in [-0.39, 0.29) is 17.3 Å². The molecule has 0 radical (unpaired) electrons. The second-order valence-electron chi connectivity index (χ2n) is 12.0. The Kier molecular flexibility index (Phi) is 15.4. The van der Waals surface area contributed by atoms with Crippen LogP contribution in [0.5, 0.6) is 0 Å². The fourth-order valence-electron chi connectivity index (χ4n) is 4.81. The average molecular weight is 768 g/mol. The number of nitrogens with one attached hydrogen (secondary N) is 5. The summed E-state index contributed by atoms with van der Waals surface area (Å²) >= 11 is 1.06. The van der Waals surface area contributed by atoms with Gasteiger partial charge in [0.15, 0.2) is 5.01 Å². The van der Waals surface area contributed by atoms with Crippen molar-refractivity contribution in [2.45, 2.75) is 70.3 Å². The molecule has 5 amide bonds. The van der Waals surface area contributed by atoms with Crippen LogP contribution in [0.2, 0.25) is 0 Å². The van der Waals surface area contributed by atoms with Crippen LogP contribution in [0, 0.1) is 17.2 Å². The molecular formula is C34H37N7O12S. The number of thiazole rings is 1. The predicted octanol–water partition coefficient (Wildman–Crippen LogP) is 1.33. The van der Waals surface area contributed by atoms with Crippen LogP contribution in [-0.2, 0) is 44.9 Å². The number of carboxylic acid groups (broad SMARTS) is 3. The molecule has 8 N–H and O–H groups in total. The van der Waals surface area contributed by atoms with E-state index in [0.717, 1.165) is 11.3 Å². The number of nitrogens with zero attached hydrogens (tertiary/aromatic N) is 2. The summed E-state index contributed by atoms with van der Waals surface area (Å²) in [7, 11) is 0. The van der Waals surface area contributed by atoms with E-state index in [1.165, 1.54) is 32.0 Å². The molecule has 0 fully saturated rings. The molecule has 2 aromatic carbocycles. The van der Waals surface area contributed by atoms with Gasteiger partial charge in [0.1, 0.15) is 36.8 Å². The quantitative estimate of drug-likeness (QED) is 0.0854. The van der Waals surface area contributed by atoms with Crippen LogP contribution in [0.25, 0.3) is 10.2 Å². The van der Waals surface area contributed by atoms with Crippen LogP contribution >= 0.6 is 11.3 Å². The molecule has 4 atom stereocenters. The molecule has 0 saturated carbocycles. The summed E-state index contributed by atoms with van der Waals surface area (Å²) in [6, 6.07) is 8.33. The van der Waals surface area contributed by atoms with E-state index in [1.54, 1.807) is 30.3 Å². The number of fused-ring (bicyclic) bond motifs is 1. The maximum atomic E-state index is 13.5. The fraction of sp³-hybridized carbons (Fsp3) is 0.353. The number of aromatic nitrogens is 1. The van der Waals surface area contributed by atoms with E-state index in [9.17, 15) is 53.7 Å². The van der Waals surface area contributed by atoms with Gasteiger partial charge in [-0.1, -0.05) is 44.2 Å². The third-order valence-corrected chi connectivity index (χ3v) is 8.41. The van der Waals surface area contributed by atoms with Gasteiger partial charge in [0.05, 0.1) is 23.1 Å². The van der Waals surface area contributed by atoms with Gasteiger partial charge in [0.2, 0.25) is 23.6 Å². The minimum absolute atomic E-state index is 0.187. The highest BCUT2D eigenvalue weighted by Gasteiger charge is 2.34. The standard InChI is InChI=1S/C34H37N7O12S/c1-17(2)29(33(51)39-22(13-27(44)45)31(49)36-19-8-9-20-24(12-19)54-25(15-35)37-20)41-30(48)21(10-11-26(42)43)38-32(50)23(14-28(46)47)40-34(52)53-16-18-6-4-3-5-7-18/h3-9,12,17,21-23,29H,10-11,13-14,16H2,1-2H3,(H,36,49)(H,38,50)(H,39,51)(H,40,52)(H,41,48)(H,42,43)(H,44,45)(H,46,47). The number of anilines is 1. The molecule has 3 aromatic rings. The number of nitriles is 1. The second kappa shape index (κ2) is 19.8. The molecule has 3 rings (SSSR count). The minimum atomic E-state index is -1.77. The van der Waals surface area contributed by atoms with E-state index >= 15 is 0 Å². The molecule has 0 saturated heterocycles. The number of ether oxygens (including phenoxy) is 1. The molecule has 0 aliphatic heterocycles. The second-order valence-corrected chi connectivity index (χ2v) is 13.1. The Labute approximate surface area is 311 Å². The largest absolute Gasteiger partial charge is 0.481 e. The Bertz CT molecular complexity index is 1930. The van der Waals surface area contributed by atoms with Crippen LogP contribution in [-0.4, -0.2) is 92.1 Å². The maximum Gasteiger partial charge on any atom is 0.408 e. The van der Waals surface area contributed by atoms with Gasteiger partial charge in [-0.3, -0.25) is 33.6 Å². The minimum Gasteiger partial charge on any atom is -0.481 e. The molecular weight excluding hydrogens is 730 g/mol. The molecule has 20 heteroatoms. The summed E-state index contributed by atoms with van der Waals surface area (Å²) in [6.07, 6.45) is -4.13. The molecule has 19 nitrogen and oxygen atoms in total. The number of hydrogen-bond acceptors (Lipinski definition) is 12. The Morgan fingerprint density at radius 3 is 1.98 bits per heavy atom. The molecule has 1 heterocycles. The lowest BCUT2D eigenvalue weighted by Gasteiger charge is -2.27. The zero-order valence-electron chi connectivity index (χ0n) is 28.9. The van der Waals surface area contributed by atoms with Gasteiger partial charge in [0.25, 0.3) is 0 Å². The summed E-state index contributed by atoms with van der Waals surface area (Å²) in [5.41, 5.74) is 1.31. The van der Waals surface area contributed by atoms with Crippen molar-refractivity contribution >= 4 is 74.9 Å². The summed E-state index contributed by atoms with van der Waals surface area (Å²) in [4.78, 5) is 104. The number of carbonyl (C=O) groups excluding carboxylic acids is 5. The highest BCUT2D eigenvalue weighted by Crippen LogP contribution is 2.25. The first-order valence-electron chi connectivity index (χ1n) is 16.2. The number of amides is 5. The molecule has 54 heavy (non-hydrogen) atoms. The number of alkyl carbamates (subject to hydrolysis) is 1. The number of rotatable bonds is 19. The zero-order chi connectivity index (χ0) is 39.9. The Balaban J connectivity index is 1.74. The molecule has 4 unspecified atom stereocenters. The fourth-order valence-corrected chi connectivity index (χ4v) is 5.62. The van der Waals surface area contributed by atoms with E-state index < -0.39 is 103 Å². The van der Waals surface area contributed by atoms with Crippen LogP contribution in [0.4, 0.5) is 10.5 Å². The van der Waals surface area contributed by atoms with E-state index in [2.05, 4.69) is 31.6 Å². The molecule has 0 aliphatic rings. The predicted molar refractivity (Wildman–Crippen MR) is 189 cm³/mol. The Morgan fingerprint density at radius 1 is 0.778 bits per heavy atom. The van der Waals surface area contributed by atoms with Crippen molar-refractivity contribution in [2.24, 2.45) is 5.92 Å². The first-order valence-corrected chi connectivity index (χ1v) is 17.0. The normalized spacial score (nSPS) is 12.9. The third-order valence-electron chi connectivity index (χ3n) is 7.49. The van der Waals surface area contributed by atoms with E-state index in [4.69, 9.17) is 10.00 Å². The lowest BCUT2D eigenvalue weighted by atomic mass is 10.0. The van der Waals surface area contributed by atoms with Crippen molar-refractivity contribution in [3.8, 4) is 6.07 Å². The number of benzene rings is 2. The smallest absolute Gasteiger partial charge is 0.408 e. The summed E-state index contributed by atoms with van der Waals surface area (Å²) < 4.78 is 5.61. The van der Waals surface area contributed by atoms with Crippen molar-refractivity contribution in [1.82, 2.24) is 26.3 Å². The van der Waals surface area contributed by atoms with Crippen LogP contribution < -0.4 is 26.6 Å². The van der Waals surface area contributed by atoms with Gasteiger partial charge < -0.3 is 46.6 Å². The lowest BCUT2D eigenvalue weighted by molar-refractivity contribution is -0.141. The number of carbonyl (C=O) groups is 8. The maximum absolute atomic E-state index is 13.5. The summed E-state index contributed by atoms with van der Waals surface area (Å²) in [5, 5.41) is 48.9. The van der Waals surface area contributed by atoms with Crippen LogP contribution in [0.3, 0.4) is 0 Å². The van der Waals surface area contributed by atoms with Gasteiger partial charge in [-0.05, 0) is 36.1 Å². The van der Waals surface area contributed by atoms with Gasteiger partial charge >= 0.3 is 24.0 Å².